The average molecular weight is 248 g/mol. The molecule has 1 aromatic carbocycles. The van der Waals surface area contributed by atoms with E-state index in [9.17, 15) is 10.1 Å². The first-order valence-corrected chi connectivity index (χ1v) is 6.64. The van der Waals surface area contributed by atoms with Gasteiger partial charge in [0.1, 0.15) is 5.69 Å². The summed E-state index contributed by atoms with van der Waals surface area (Å²) in [6, 6.07) is 6.88. The van der Waals surface area contributed by atoms with Crippen molar-refractivity contribution in [1.82, 2.24) is 0 Å². The first-order valence-electron chi connectivity index (χ1n) is 6.64. The minimum absolute atomic E-state index is 0.168. The predicted octanol–water partition coefficient (Wildman–Crippen LogP) is 3.98. The zero-order chi connectivity index (χ0) is 13.0. The van der Waals surface area contributed by atoms with Gasteiger partial charge < -0.3 is 5.32 Å². The van der Waals surface area contributed by atoms with Crippen LogP contribution in [0.15, 0.2) is 24.3 Å². The molecule has 1 saturated carbocycles. The van der Waals surface area contributed by atoms with Crippen LogP contribution in [0.1, 0.15) is 39.0 Å². The molecule has 4 nitrogen and oxygen atoms in total. The van der Waals surface area contributed by atoms with Crippen molar-refractivity contribution in [3.05, 3.63) is 34.4 Å². The van der Waals surface area contributed by atoms with E-state index < -0.39 is 0 Å². The second-order valence-corrected chi connectivity index (χ2v) is 5.19. The molecule has 0 atom stereocenters. The van der Waals surface area contributed by atoms with Crippen LogP contribution in [0.25, 0.3) is 0 Å². The number of hydrogen-bond donors (Lipinski definition) is 1. The molecule has 0 aromatic heterocycles. The lowest BCUT2D eigenvalue weighted by Crippen LogP contribution is -2.26. The van der Waals surface area contributed by atoms with Gasteiger partial charge in [-0.05, 0) is 30.7 Å². The van der Waals surface area contributed by atoms with Crippen molar-refractivity contribution in [2.24, 2.45) is 5.41 Å². The molecule has 98 valence electrons. The van der Waals surface area contributed by atoms with Crippen LogP contribution < -0.4 is 5.32 Å². The molecule has 1 fully saturated rings. The smallest absolute Gasteiger partial charge is 0.292 e. The van der Waals surface area contributed by atoms with Crippen molar-refractivity contribution >= 4 is 11.4 Å². The third-order valence-electron chi connectivity index (χ3n) is 4.17. The lowest BCUT2D eigenvalue weighted by molar-refractivity contribution is -0.384. The minimum Gasteiger partial charge on any atom is -0.379 e. The van der Waals surface area contributed by atoms with Gasteiger partial charge in [0.25, 0.3) is 5.69 Å². The topological polar surface area (TPSA) is 55.2 Å². The molecule has 0 spiro atoms. The Hall–Kier alpha value is -1.58. The summed E-state index contributed by atoms with van der Waals surface area (Å²) >= 11 is 0. The average Bonchev–Trinajstić information content (AvgIpc) is 2.86. The van der Waals surface area contributed by atoms with Gasteiger partial charge in [0.2, 0.25) is 0 Å². The molecule has 0 bridgehead atoms. The van der Waals surface area contributed by atoms with Crippen molar-refractivity contribution in [1.29, 1.82) is 0 Å². The zero-order valence-corrected chi connectivity index (χ0v) is 10.8. The summed E-state index contributed by atoms with van der Waals surface area (Å²) in [6.45, 7) is 3.06. The largest absolute Gasteiger partial charge is 0.379 e. The van der Waals surface area contributed by atoms with Crippen LogP contribution in [0.2, 0.25) is 0 Å². The van der Waals surface area contributed by atoms with Crippen molar-refractivity contribution in [3.8, 4) is 0 Å². The molecule has 18 heavy (non-hydrogen) atoms. The molecule has 0 heterocycles. The van der Waals surface area contributed by atoms with Gasteiger partial charge in [-0.1, -0.05) is 31.9 Å². The van der Waals surface area contributed by atoms with E-state index in [1.54, 1.807) is 18.2 Å². The molecule has 1 aliphatic rings. The summed E-state index contributed by atoms with van der Waals surface area (Å²) in [4.78, 5) is 10.6. The number of para-hydroxylation sites is 2. The molecule has 1 aliphatic carbocycles. The van der Waals surface area contributed by atoms with Gasteiger partial charge in [-0.15, -0.1) is 0 Å². The molecule has 2 rings (SSSR count). The van der Waals surface area contributed by atoms with Gasteiger partial charge in [0.05, 0.1) is 4.92 Å². The highest BCUT2D eigenvalue weighted by Gasteiger charge is 2.32. The fourth-order valence-corrected chi connectivity index (χ4v) is 2.85. The molecule has 0 saturated heterocycles. The van der Waals surface area contributed by atoms with Gasteiger partial charge in [0, 0.05) is 12.6 Å². The van der Waals surface area contributed by atoms with E-state index in [4.69, 9.17) is 0 Å². The molecule has 0 amide bonds. The van der Waals surface area contributed by atoms with Crippen molar-refractivity contribution < 1.29 is 4.92 Å². The fourth-order valence-electron chi connectivity index (χ4n) is 2.85. The lowest BCUT2D eigenvalue weighted by atomic mass is 9.83. The molecular formula is C14H20N2O2. The number of nitrogens with zero attached hydrogens (tertiary/aromatic N) is 1. The Balaban J connectivity index is 2.08. The van der Waals surface area contributed by atoms with E-state index in [0.717, 1.165) is 13.0 Å². The number of benzene rings is 1. The van der Waals surface area contributed by atoms with E-state index in [1.807, 2.05) is 6.07 Å². The molecule has 1 N–H and O–H groups in total. The van der Waals surface area contributed by atoms with Crippen molar-refractivity contribution in [2.75, 3.05) is 11.9 Å². The Morgan fingerprint density at radius 1 is 1.33 bits per heavy atom. The quantitative estimate of drug-likeness (QED) is 0.633. The Bertz CT molecular complexity index is 426. The Morgan fingerprint density at radius 3 is 2.61 bits per heavy atom. The monoisotopic (exact) mass is 248 g/mol. The summed E-state index contributed by atoms with van der Waals surface area (Å²) in [5.41, 5.74) is 1.15. The van der Waals surface area contributed by atoms with E-state index in [-0.39, 0.29) is 10.6 Å². The number of nitro groups is 1. The summed E-state index contributed by atoms with van der Waals surface area (Å²) in [5.74, 6) is 0. The number of rotatable bonds is 5. The minimum atomic E-state index is -0.324. The second-order valence-electron chi connectivity index (χ2n) is 5.19. The highest BCUT2D eigenvalue weighted by Crippen LogP contribution is 2.41. The molecule has 1 aromatic rings. The molecular weight excluding hydrogens is 228 g/mol. The maximum Gasteiger partial charge on any atom is 0.292 e. The maximum absolute atomic E-state index is 10.9. The summed E-state index contributed by atoms with van der Waals surface area (Å²) < 4.78 is 0. The van der Waals surface area contributed by atoms with Crippen LogP contribution in [0.4, 0.5) is 11.4 Å². The highest BCUT2D eigenvalue weighted by molar-refractivity contribution is 5.61. The standard InChI is InChI=1S/C14H20N2O2/c1-2-14(9-5-6-10-14)11-15-12-7-3-4-8-13(12)16(17)18/h3-4,7-8,15H,2,5-6,9-11H2,1H3. The van der Waals surface area contributed by atoms with Gasteiger partial charge in [0.15, 0.2) is 0 Å². The van der Waals surface area contributed by atoms with Crippen molar-refractivity contribution in [2.45, 2.75) is 39.0 Å². The number of nitrogens with one attached hydrogen (secondary N) is 1. The normalized spacial score (nSPS) is 17.6. The van der Waals surface area contributed by atoms with Gasteiger partial charge in [-0.3, -0.25) is 10.1 Å². The van der Waals surface area contributed by atoms with E-state index in [0.29, 0.717) is 11.1 Å². The predicted molar refractivity (Wildman–Crippen MR) is 72.8 cm³/mol. The molecule has 0 aliphatic heterocycles. The number of hydrogen-bond acceptors (Lipinski definition) is 3. The van der Waals surface area contributed by atoms with Gasteiger partial charge in [-0.25, -0.2) is 0 Å². The van der Waals surface area contributed by atoms with Crippen molar-refractivity contribution in [3.63, 3.8) is 0 Å². The Labute approximate surface area is 108 Å². The molecule has 0 unspecified atom stereocenters. The third kappa shape index (κ3) is 2.63. The number of nitro benzene ring substituents is 1. The van der Waals surface area contributed by atoms with E-state index in [2.05, 4.69) is 12.2 Å². The third-order valence-corrected chi connectivity index (χ3v) is 4.17. The lowest BCUT2D eigenvalue weighted by Gasteiger charge is -2.28. The van der Waals surface area contributed by atoms with Crippen LogP contribution in [0.3, 0.4) is 0 Å². The summed E-state index contributed by atoms with van der Waals surface area (Å²) in [5, 5.41) is 14.2. The second kappa shape index (κ2) is 5.38. The van der Waals surface area contributed by atoms with Gasteiger partial charge >= 0.3 is 0 Å². The van der Waals surface area contributed by atoms with Crippen LogP contribution >= 0.6 is 0 Å². The zero-order valence-electron chi connectivity index (χ0n) is 10.8. The maximum atomic E-state index is 10.9. The van der Waals surface area contributed by atoms with Gasteiger partial charge in [-0.2, -0.15) is 0 Å². The van der Waals surface area contributed by atoms with Crippen LogP contribution in [-0.2, 0) is 0 Å². The Kier molecular flexibility index (Phi) is 3.84. The summed E-state index contributed by atoms with van der Waals surface area (Å²) in [6.07, 6.45) is 6.17. The van der Waals surface area contributed by atoms with E-state index >= 15 is 0 Å². The van der Waals surface area contributed by atoms with E-state index in [1.165, 1.54) is 25.7 Å². The van der Waals surface area contributed by atoms with Crippen LogP contribution in [-0.4, -0.2) is 11.5 Å². The summed E-state index contributed by atoms with van der Waals surface area (Å²) in [7, 11) is 0. The first-order chi connectivity index (χ1) is 8.67. The Morgan fingerprint density at radius 2 is 2.00 bits per heavy atom. The van der Waals surface area contributed by atoms with Crippen LogP contribution in [0, 0.1) is 15.5 Å². The number of anilines is 1. The first kappa shape index (κ1) is 12.9. The fraction of sp³-hybridized carbons (Fsp3) is 0.571. The highest BCUT2D eigenvalue weighted by atomic mass is 16.6. The van der Waals surface area contributed by atoms with Crippen LogP contribution in [0.5, 0.6) is 0 Å². The molecule has 0 radical (unpaired) electrons. The SMILES string of the molecule is CCC1(CNc2ccccc2[N+](=O)[O-])CCCC1. The molecule has 4 heteroatoms.